The van der Waals surface area contributed by atoms with Gasteiger partial charge in [-0.3, -0.25) is 15.2 Å². The fraction of sp³-hybridized carbons (Fsp3) is 0.333. The van der Waals surface area contributed by atoms with Gasteiger partial charge in [0.15, 0.2) is 0 Å². The summed E-state index contributed by atoms with van der Waals surface area (Å²) < 4.78 is 0. The summed E-state index contributed by atoms with van der Waals surface area (Å²) in [6.45, 7) is 9.80. The van der Waals surface area contributed by atoms with Gasteiger partial charge in [-0.05, 0) is 69.0 Å². The van der Waals surface area contributed by atoms with Crippen LogP contribution in [-0.2, 0) is 10.3 Å². The van der Waals surface area contributed by atoms with Gasteiger partial charge < -0.3 is 0 Å². The summed E-state index contributed by atoms with van der Waals surface area (Å²) in [5.41, 5.74) is 10.7. The van der Waals surface area contributed by atoms with Crippen LogP contribution in [0.5, 0.6) is 0 Å². The molecule has 0 radical (unpaired) electrons. The second-order valence-corrected chi connectivity index (χ2v) is 11.2. The zero-order valence-corrected chi connectivity index (χ0v) is 21.2. The predicted octanol–water partition coefficient (Wildman–Crippen LogP) is 6.89. The Balaban J connectivity index is 1.28. The molecule has 2 aliphatic heterocycles. The quantitative estimate of drug-likeness (QED) is 0.439. The predicted molar refractivity (Wildman–Crippen MR) is 144 cm³/mol. The van der Waals surface area contributed by atoms with Gasteiger partial charge in [0.2, 0.25) is 0 Å². The number of hydroxylamine groups is 1. The van der Waals surface area contributed by atoms with Gasteiger partial charge in [0.05, 0.1) is 5.70 Å². The van der Waals surface area contributed by atoms with Crippen molar-refractivity contribution >= 4 is 22.6 Å². The number of hydrogen-bond acceptors (Lipinski definition) is 4. The molecule has 0 atom stereocenters. The van der Waals surface area contributed by atoms with Gasteiger partial charge in [-0.15, -0.1) is 0 Å². The highest BCUT2D eigenvalue weighted by molar-refractivity contribution is 7.08. The molecule has 0 bridgehead atoms. The standard InChI is InChI=1S/C30H34N2OS/c1-29(2,3)26-11-9-23(10-12-26)27(25-14-20-34-22-25)13-17-32-18-15-30(16-19-32)21-28(31-33-30)24-7-5-4-6-8-24/h4-14,20-22,31H,15-19H2,1-3H3. The maximum Gasteiger partial charge on any atom is 0.119 e. The second-order valence-electron chi connectivity index (χ2n) is 10.5. The van der Waals surface area contributed by atoms with Crippen LogP contribution in [0.3, 0.4) is 0 Å². The fourth-order valence-corrected chi connectivity index (χ4v) is 5.45. The molecule has 1 spiro atoms. The van der Waals surface area contributed by atoms with Crippen molar-refractivity contribution in [3.8, 4) is 0 Å². The molecule has 4 heteroatoms. The van der Waals surface area contributed by atoms with Crippen molar-refractivity contribution in [3.63, 3.8) is 0 Å². The molecule has 0 saturated carbocycles. The van der Waals surface area contributed by atoms with Crippen molar-refractivity contribution in [3.05, 3.63) is 106 Å². The average molecular weight is 471 g/mol. The number of thiophene rings is 1. The monoisotopic (exact) mass is 470 g/mol. The largest absolute Gasteiger partial charge is 0.299 e. The number of benzene rings is 2. The van der Waals surface area contributed by atoms with Crippen LogP contribution in [0.2, 0.25) is 0 Å². The van der Waals surface area contributed by atoms with Crippen molar-refractivity contribution in [1.29, 1.82) is 0 Å². The fourth-order valence-electron chi connectivity index (χ4n) is 4.79. The highest BCUT2D eigenvalue weighted by atomic mass is 32.1. The van der Waals surface area contributed by atoms with E-state index in [1.54, 1.807) is 11.3 Å². The molecule has 1 N–H and O–H groups in total. The molecule has 1 aromatic heterocycles. The van der Waals surface area contributed by atoms with Gasteiger partial charge in [0.25, 0.3) is 0 Å². The van der Waals surface area contributed by atoms with Crippen LogP contribution >= 0.6 is 11.3 Å². The first-order valence-corrected chi connectivity index (χ1v) is 13.1. The molecule has 3 heterocycles. The van der Waals surface area contributed by atoms with E-state index in [1.807, 2.05) is 6.07 Å². The first-order valence-electron chi connectivity index (χ1n) is 12.2. The van der Waals surface area contributed by atoms with E-state index in [0.29, 0.717) is 0 Å². The lowest BCUT2D eigenvalue weighted by atomic mass is 9.86. The summed E-state index contributed by atoms with van der Waals surface area (Å²) >= 11 is 1.76. The van der Waals surface area contributed by atoms with Crippen molar-refractivity contribution in [1.82, 2.24) is 10.4 Å². The summed E-state index contributed by atoms with van der Waals surface area (Å²) in [4.78, 5) is 8.65. The smallest absolute Gasteiger partial charge is 0.119 e. The summed E-state index contributed by atoms with van der Waals surface area (Å²) in [5.74, 6) is 0. The molecule has 5 rings (SSSR count). The Morgan fingerprint density at radius 2 is 1.74 bits per heavy atom. The van der Waals surface area contributed by atoms with Crippen molar-refractivity contribution < 1.29 is 4.84 Å². The SMILES string of the molecule is CC(C)(C)c1ccc(C(=CCN2CCC3(C=C(c4ccccc4)NO3)CC2)c2ccsc2)cc1. The molecule has 3 nitrogen and oxygen atoms in total. The van der Waals surface area contributed by atoms with Crippen molar-refractivity contribution in [2.24, 2.45) is 0 Å². The molecule has 0 unspecified atom stereocenters. The maximum absolute atomic E-state index is 6.11. The molecule has 2 aromatic carbocycles. The van der Waals surface area contributed by atoms with E-state index in [2.05, 4.69) is 109 Å². The number of nitrogens with zero attached hydrogens (tertiary/aromatic N) is 1. The molecule has 1 saturated heterocycles. The van der Waals surface area contributed by atoms with Crippen LogP contribution in [0, 0.1) is 0 Å². The first kappa shape index (κ1) is 23.1. The Morgan fingerprint density at radius 1 is 1.00 bits per heavy atom. The third-order valence-electron chi connectivity index (χ3n) is 7.01. The van der Waals surface area contributed by atoms with Crippen LogP contribution < -0.4 is 5.48 Å². The van der Waals surface area contributed by atoms with E-state index in [4.69, 9.17) is 4.84 Å². The highest BCUT2D eigenvalue weighted by Gasteiger charge is 2.38. The second kappa shape index (κ2) is 9.53. The van der Waals surface area contributed by atoms with Gasteiger partial charge in [0, 0.05) is 19.6 Å². The number of likely N-dealkylation sites (tertiary alicyclic amines) is 1. The van der Waals surface area contributed by atoms with Crippen LogP contribution in [-0.4, -0.2) is 30.1 Å². The minimum Gasteiger partial charge on any atom is -0.299 e. The molecule has 176 valence electrons. The molecule has 1 fully saturated rings. The van der Waals surface area contributed by atoms with E-state index < -0.39 is 0 Å². The van der Waals surface area contributed by atoms with Crippen LogP contribution in [0.25, 0.3) is 11.3 Å². The molecule has 0 amide bonds. The Hall–Kier alpha value is -2.66. The number of hydrogen-bond donors (Lipinski definition) is 1. The maximum atomic E-state index is 6.11. The lowest BCUT2D eigenvalue weighted by Crippen LogP contribution is -2.44. The Labute approximate surface area is 207 Å². The number of nitrogens with one attached hydrogen (secondary N) is 1. The molecular weight excluding hydrogens is 436 g/mol. The topological polar surface area (TPSA) is 24.5 Å². The Morgan fingerprint density at radius 3 is 2.38 bits per heavy atom. The minimum atomic E-state index is -0.190. The molecule has 34 heavy (non-hydrogen) atoms. The first-order chi connectivity index (χ1) is 16.4. The minimum absolute atomic E-state index is 0.167. The van der Waals surface area contributed by atoms with Crippen LogP contribution in [0.1, 0.15) is 55.9 Å². The lowest BCUT2D eigenvalue weighted by molar-refractivity contribution is -0.0679. The van der Waals surface area contributed by atoms with E-state index in [1.165, 1.54) is 27.8 Å². The van der Waals surface area contributed by atoms with E-state index >= 15 is 0 Å². The zero-order chi connectivity index (χ0) is 23.6. The summed E-state index contributed by atoms with van der Waals surface area (Å²) in [6.07, 6.45) is 6.70. The van der Waals surface area contributed by atoms with E-state index in [-0.39, 0.29) is 11.0 Å². The summed E-state index contributed by atoms with van der Waals surface area (Å²) in [6, 6.07) is 21.8. The van der Waals surface area contributed by atoms with Gasteiger partial charge in [-0.1, -0.05) is 81.4 Å². The summed E-state index contributed by atoms with van der Waals surface area (Å²) in [7, 11) is 0. The third kappa shape index (κ3) is 5.05. The van der Waals surface area contributed by atoms with E-state index in [0.717, 1.165) is 38.2 Å². The van der Waals surface area contributed by atoms with E-state index in [9.17, 15) is 0 Å². The number of piperidine rings is 1. The summed E-state index contributed by atoms with van der Waals surface area (Å²) in [5, 5.41) is 4.42. The molecule has 3 aromatic rings. The third-order valence-corrected chi connectivity index (χ3v) is 7.69. The average Bonchev–Trinajstić information content (AvgIpc) is 3.52. The van der Waals surface area contributed by atoms with Gasteiger partial charge in [-0.2, -0.15) is 11.3 Å². The molecule has 2 aliphatic rings. The normalized spacial score (nSPS) is 18.7. The molecule has 0 aliphatic carbocycles. The Bertz CT molecular complexity index is 1150. The molecular formula is C30H34N2OS. The number of rotatable bonds is 5. The van der Waals surface area contributed by atoms with Crippen LogP contribution in [0.4, 0.5) is 0 Å². The van der Waals surface area contributed by atoms with Crippen molar-refractivity contribution in [2.45, 2.75) is 44.6 Å². The zero-order valence-electron chi connectivity index (χ0n) is 20.4. The van der Waals surface area contributed by atoms with Crippen LogP contribution in [0.15, 0.2) is 83.6 Å². The Kier molecular flexibility index (Phi) is 6.48. The highest BCUT2D eigenvalue weighted by Crippen LogP contribution is 2.35. The van der Waals surface area contributed by atoms with Gasteiger partial charge >= 0.3 is 0 Å². The van der Waals surface area contributed by atoms with Gasteiger partial charge in [0.1, 0.15) is 5.60 Å². The van der Waals surface area contributed by atoms with Crippen molar-refractivity contribution in [2.75, 3.05) is 19.6 Å². The lowest BCUT2D eigenvalue weighted by Gasteiger charge is -2.36. The van der Waals surface area contributed by atoms with Gasteiger partial charge in [-0.25, -0.2) is 0 Å².